The Labute approximate surface area is 110 Å². The topological polar surface area (TPSA) is 47.3 Å². The molecule has 0 fully saturated rings. The van der Waals surface area contributed by atoms with Crippen molar-refractivity contribution in [2.45, 2.75) is 26.4 Å². The van der Waals surface area contributed by atoms with Crippen LogP contribution in [0.25, 0.3) is 0 Å². The van der Waals surface area contributed by atoms with E-state index in [9.17, 15) is 4.39 Å². The molecule has 0 spiro atoms. The molecule has 0 saturated heterocycles. The Bertz CT molecular complexity index is 396. The lowest BCUT2D eigenvalue weighted by molar-refractivity contribution is 0.000705. The molecular weight excluding hydrogens is 287 g/mol. The van der Waals surface area contributed by atoms with Gasteiger partial charge in [0.1, 0.15) is 5.82 Å². The normalized spacial score (nSPS) is 11.6. The molecule has 96 valence electrons. The maximum Gasteiger partial charge on any atom is 0.139 e. The van der Waals surface area contributed by atoms with Crippen molar-refractivity contribution in [3.8, 4) is 0 Å². The number of rotatable bonds is 5. The highest BCUT2D eigenvalue weighted by molar-refractivity contribution is 9.10. The zero-order chi connectivity index (χ0) is 13.1. The number of anilines is 2. The Hall–Kier alpha value is -0.810. The van der Waals surface area contributed by atoms with Gasteiger partial charge >= 0.3 is 0 Å². The van der Waals surface area contributed by atoms with Crippen LogP contribution in [-0.4, -0.2) is 18.8 Å². The summed E-state index contributed by atoms with van der Waals surface area (Å²) in [7, 11) is 0. The molecule has 0 heterocycles. The highest BCUT2D eigenvalue weighted by Crippen LogP contribution is 2.27. The average Bonchev–Trinajstić information content (AvgIpc) is 2.21. The van der Waals surface area contributed by atoms with Crippen molar-refractivity contribution >= 4 is 27.3 Å². The van der Waals surface area contributed by atoms with Gasteiger partial charge in [-0.15, -0.1) is 0 Å². The summed E-state index contributed by atoms with van der Waals surface area (Å²) in [5.74, 6) is -0.337. The van der Waals surface area contributed by atoms with Crippen molar-refractivity contribution in [1.82, 2.24) is 0 Å². The summed E-state index contributed by atoms with van der Waals surface area (Å²) in [5.41, 5.74) is 6.57. The van der Waals surface area contributed by atoms with Crippen LogP contribution in [0.4, 0.5) is 15.8 Å². The highest BCUT2D eigenvalue weighted by Gasteiger charge is 2.18. The highest BCUT2D eigenvalue weighted by atomic mass is 79.9. The third-order valence-electron chi connectivity index (χ3n) is 2.33. The Morgan fingerprint density at radius 3 is 2.71 bits per heavy atom. The number of halogens is 2. The van der Waals surface area contributed by atoms with Crippen LogP contribution in [0.1, 0.15) is 20.8 Å². The lowest BCUT2D eigenvalue weighted by Gasteiger charge is -2.25. The lowest BCUT2D eigenvalue weighted by atomic mass is 10.1. The largest absolute Gasteiger partial charge is 0.397 e. The molecule has 1 aromatic rings. The third-order valence-corrected chi connectivity index (χ3v) is 2.94. The number of nitrogens with two attached hydrogens (primary N) is 1. The predicted octanol–water partition coefficient (Wildman–Crippen LogP) is 3.40. The molecule has 17 heavy (non-hydrogen) atoms. The maximum atomic E-state index is 13.4. The van der Waals surface area contributed by atoms with Crippen molar-refractivity contribution in [3.63, 3.8) is 0 Å². The van der Waals surface area contributed by atoms with Crippen LogP contribution in [0.5, 0.6) is 0 Å². The Balaban J connectivity index is 2.73. The minimum atomic E-state index is -0.337. The number of ether oxygens (including phenoxy) is 1. The average molecular weight is 305 g/mol. The molecule has 0 bridgehead atoms. The number of nitrogens with one attached hydrogen (secondary N) is 1. The summed E-state index contributed by atoms with van der Waals surface area (Å²) in [6.45, 7) is 7.07. The molecule has 0 radical (unpaired) electrons. The molecule has 1 aromatic carbocycles. The number of nitrogen functional groups attached to an aromatic ring is 1. The molecule has 3 N–H and O–H groups in total. The van der Waals surface area contributed by atoms with Gasteiger partial charge in [0, 0.05) is 19.2 Å². The first-order valence-electron chi connectivity index (χ1n) is 5.48. The third kappa shape index (κ3) is 4.16. The quantitative estimate of drug-likeness (QED) is 0.820. The van der Waals surface area contributed by atoms with Gasteiger partial charge in [0.15, 0.2) is 0 Å². The molecular formula is C12H18BrFN2O. The van der Waals surface area contributed by atoms with Crippen LogP contribution in [0, 0.1) is 5.82 Å². The standard InChI is InChI=1S/C12H18BrFN2O/c1-4-17-12(2,3)7-16-11-6-9(14)8(13)5-10(11)15/h5-6,16H,4,7,15H2,1-3H3. The summed E-state index contributed by atoms with van der Waals surface area (Å²) in [6, 6.07) is 2.92. The Kier molecular flexibility index (Phi) is 4.77. The summed E-state index contributed by atoms with van der Waals surface area (Å²) in [4.78, 5) is 0. The van der Waals surface area contributed by atoms with E-state index in [2.05, 4.69) is 21.2 Å². The fourth-order valence-electron chi connectivity index (χ4n) is 1.47. The molecule has 0 aromatic heterocycles. The minimum Gasteiger partial charge on any atom is -0.397 e. The van der Waals surface area contributed by atoms with Gasteiger partial charge in [0.25, 0.3) is 0 Å². The number of hydrogen-bond acceptors (Lipinski definition) is 3. The molecule has 0 aliphatic heterocycles. The second kappa shape index (κ2) is 5.69. The van der Waals surface area contributed by atoms with E-state index in [1.807, 2.05) is 20.8 Å². The molecule has 0 unspecified atom stereocenters. The van der Waals surface area contributed by atoms with Crippen molar-refractivity contribution in [2.75, 3.05) is 24.2 Å². The first-order valence-corrected chi connectivity index (χ1v) is 6.27. The summed E-state index contributed by atoms with van der Waals surface area (Å²) in [5, 5.41) is 3.10. The van der Waals surface area contributed by atoms with Gasteiger partial charge in [-0.25, -0.2) is 4.39 Å². The van der Waals surface area contributed by atoms with Crippen LogP contribution in [0.15, 0.2) is 16.6 Å². The Morgan fingerprint density at radius 2 is 2.12 bits per heavy atom. The van der Waals surface area contributed by atoms with Crippen LogP contribution in [0.2, 0.25) is 0 Å². The predicted molar refractivity (Wildman–Crippen MR) is 72.7 cm³/mol. The summed E-state index contributed by atoms with van der Waals surface area (Å²) < 4.78 is 19.3. The molecule has 0 aliphatic carbocycles. The van der Waals surface area contributed by atoms with Gasteiger partial charge in [-0.05, 0) is 42.8 Å². The first-order chi connectivity index (χ1) is 7.85. The van der Waals surface area contributed by atoms with Gasteiger partial charge < -0.3 is 15.8 Å². The van der Waals surface area contributed by atoms with E-state index in [1.54, 1.807) is 6.07 Å². The zero-order valence-electron chi connectivity index (χ0n) is 10.3. The zero-order valence-corrected chi connectivity index (χ0v) is 11.9. The smallest absolute Gasteiger partial charge is 0.139 e. The van der Waals surface area contributed by atoms with Crippen molar-refractivity contribution in [2.24, 2.45) is 0 Å². The second-order valence-corrected chi connectivity index (χ2v) is 5.25. The summed E-state index contributed by atoms with van der Waals surface area (Å²) >= 11 is 3.09. The van der Waals surface area contributed by atoms with Crippen molar-refractivity contribution in [3.05, 3.63) is 22.4 Å². The molecule has 0 saturated carbocycles. The fraction of sp³-hybridized carbons (Fsp3) is 0.500. The van der Waals surface area contributed by atoms with Crippen LogP contribution in [0.3, 0.4) is 0 Å². The maximum absolute atomic E-state index is 13.4. The molecule has 3 nitrogen and oxygen atoms in total. The summed E-state index contributed by atoms with van der Waals surface area (Å²) in [6.07, 6.45) is 0. The van der Waals surface area contributed by atoms with Gasteiger partial charge in [0.2, 0.25) is 0 Å². The van der Waals surface area contributed by atoms with E-state index in [0.717, 1.165) is 0 Å². The Morgan fingerprint density at radius 1 is 1.47 bits per heavy atom. The fourth-order valence-corrected chi connectivity index (χ4v) is 1.83. The van der Waals surface area contributed by atoms with E-state index in [4.69, 9.17) is 10.5 Å². The van der Waals surface area contributed by atoms with Crippen LogP contribution >= 0.6 is 15.9 Å². The number of benzene rings is 1. The lowest BCUT2D eigenvalue weighted by Crippen LogP contribution is -2.33. The van der Waals surface area contributed by atoms with Crippen molar-refractivity contribution < 1.29 is 9.13 Å². The SMILES string of the molecule is CCOC(C)(C)CNc1cc(F)c(Br)cc1N. The second-order valence-electron chi connectivity index (χ2n) is 4.40. The van der Waals surface area contributed by atoms with E-state index >= 15 is 0 Å². The first kappa shape index (κ1) is 14.3. The van der Waals surface area contributed by atoms with Crippen molar-refractivity contribution in [1.29, 1.82) is 0 Å². The monoisotopic (exact) mass is 304 g/mol. The van der Waals surface area contributed by atoms with Crippen LogP contribution < -0.4 is 11.1 Å². The van der Waals surface area contributed by atoms with E-state index < -0.39 is 0 Å². The number of hydrogen-bond donors (Lipinski definition) is 2. The molecule has 5 heteroatoms. The van der Waals surface area contributed by atoms with E-state index in [1.165, 1.54) is 6.07 Å². The van der Waals surface area contributed by atoms with E-state index in [-0.39, 0.29) is 11.4 Å². The van der Waals surface area contributed by atoms with Gasteiger partial charge in [0.05, 0.1) is 21.4 Å². The van der Waals surface area contributed by atoms with Gasteiger partial charge in [-0.3, -0.25) is 0 Å². The van der Waals surface area contributed by atoms with E-state index in [0.29, 0.717) is 29.0 Å². The minimum absolute atomic E-state index is 0.315. The van der Waals surface area contributed by atoms with Crippen LogP contribution in [-0.2, 0) is 4.74 Å². The van der Waals surface area contributed by atoms with Gasteiger partial charge in [-0.1, -0.05) is 0 Å². The molecule has 0 aliphatic rings. The molecule has 0 atom stereocenters. The molecule has 1 rings (SSSR count). The molecule has 0 amide bonds. The van der Waals surface area contributed by atoms with Gasteiger partial charge in [-0.2, -0.15) is 0 Å².